The number of imidazole rings is 1. The predicted octanol–water partition coefficient (Wildman–Crippen LogP) is 3.11. The zero-order valence-corrected chi connectivity index (χ0v) is 13.6. The van der Waals surface area contributed by atoms with Crippen molar-refractivity contribution >= 4 is 33.0 Å². The van der Waals surface area contributed by atoms with E-state index < -0.39 is 0 Å². The van der Waals surface area contributed by atoms with Gasteiger partial charge in [0.2, 0.25) is 5.95 Å². The summed E-state index contributed by atoms with van der Waals surface area (Å²) in [6.45, 7) is 3.87. The molecule has 110 valence electrons. The van der Waals surface area contributed by atoms with E-state index in [0.29, 0.717) is 10.4 Å². The van der Waals surface area contributed by atoms with Gasteiger partial charge in [0.25, 0.3) is 0 Å². The molecule has 0 saturated carbocycles. The maximum absolute atomic E-state index is 13.6. The van der Waals surface area contributed by atoms with Crippen LogP contribution in [-0.4, -0.2) is 19.3 Å². The van der Waals surface area contributed by atoms with Crippen molar-refractivity contribution in [3.05, 3.63) is 33.7 Å². The average Bonchev–Trinajstić information content (AvgIpc) is 2.91. The monoisotopic (exact) mass is 351 g/mol. The van der Waals surface area contributed by atoms with Crippen molar-refractivity contribution in [1.29, 1.82) is 0 Å². The Kier molecular flexibility index (Phi) is 3.24. The summed E-state index contributed by atoms with van der Waals surface area (Å²) in [4.78, 5) is 4.42. The maximum atomic E-state index is 13.6. The van der Waals surface area contributed by atoms with Gasteiger partial charge in [-0.25, -0.2) is 14.1 Å². The summed E-state index contributed by atoms with van der Waals surface area (Å²) < 4.78 is 17.6. The molecule has 0 bridgehead atoms. The summed E-state index contributed by atoms with van der Waals surface area (Å²) in [5, 5.41) is 4.46. The van der Waals surface area contributed by atoms with Crippen LogP contribution in [0.25, 0.3) is 16.9 Å². The molecule has 3 aromatic rings. The van der Waals surface area contributed by atoms with Gasteiger partial charge in [-0.1, -0.05) is 6.92 Å². The molecule has 2 heterocycles. The fourth-order valence-corrected chi connectivity index (χ4v) is 2.88. The fourth-order valence-electron chi connectivity index (χ4n) is 2.55. The van der Waals surface area contributed by atoms with Crippen LogP contribution < -0.4 is 5.73 Å². The Morgan fingerprint density at radius 1 is 1.38 bits per heavy atom. The zero-order valence-electron chi connectivity index (χ0n) is 12.0. The van der Waals surface area contributed by atoms with Crippen LogP contribution in [0.2, 0.25) is 0 Å². The van der Waals surface area contributed by atoms with E-state index in [4.69, 9.17) is 5.73 Å². The first-order valence-corrected chi connectivity index (χ1v) is 7.39. The van der Waals surface area contributed by atoms with Crippen LogP contribution >= 0.6 is 15.9 Å². The van der Waals surface area contributed by atoms with Crippen molar-refractivity contribution in [2.45, 2.75) is 20.3 Å². The Morgan fingerprint density at radius 2 is 2.10 bits per heavy atom. The van der Waals surface area contributed by atoms with E-state index >= 15 is 0 Å². The van der Waals surface area contributed by atoms with E-state index in [9.17, 15) is 4.39 Å². The highest BCUT2D eigenvalue weighted by Crippen LogP contribution is 2.30. The Balaban J connectivity index is 2.38. The minimum absolute atomic E-state index is 0.301. The molecule has 0 fully saturated rings. The minimum atomic E-state index is -0.301. The van der Waals surface area contributed by atoms with Gasteiger partial charge in [-0.05, 0) is 47.0 Å². The Bertz CT molecular complexity index is 849. The van der Waals surface area contributed by atoms with Crippen LogP contribution in [0.1, 0.15) is 18.2 Å². The van der Waals surface area contributed by atoms with Gasteiger partial charge < -0.3 is 5.73 Å². The summed E-state index contributed by atoms with van der Waals surface area (Å²) in [5.41, 5.74) is 10.1. The van der Waals surface area contributed by atoms with Crippen LogP contribution in [0.3, 0.4) is 0 Å². The smallest absolute Gasteiger partial charge is 0.207 e. The first-order chi connectivity index (χ1) is 9.93. The van der Waals surface area contributed by atoms with Gasteiger partial charge in [0.05, 0.1) is 15.9 Å². The number of halogens is 2. The topological polar surface area (TPSA) is 61.7 Å². The number of nitrogens with two attached hydrogens (primary N) is 1. The number of fused-ring (bicyclic) bond motifs is 1. The molecule has 1 aromatic carbocycles. The SMILES string of the molecule is CCc1nn(C)c2c1nc(N)n2-c1cc(Br)c(F)cc1C. The molecule has 21 heavy (non-hydrogen) atoms. The van der Waals surface area contributed by atoms with E-state index in [1.54, 1.807) is 15.3 Å². The van der Waals surface area contributed by atoms with Gasteiger partial charge in [0, 0.05) is 7.05 Å². The van der Waals surface area contributed by atoms with Gasteiger partial charge in [-0.3, -0.25) is 4.57 Å². The summed E-state index contributed by atoms with van der Waals surface area (Å²) in [6, 6.07) is 3.18. The number of anilines is 1. The summed E-state index contributed by atoms with van der Waals surface area (Å²) >= 11 is 3.22. The second-order valence-corrected chi connectivity index (χ2v) is 5.81. The Labute approximate surface area is 129 Å². The van der Waals surface area contributed by atoms with Crippen LogP contribution in [-0.2, 0) is 13.5 Å². The van der Waals surface area contributed by atoms with Crippen molar-refractivity contribution in [3.63, 3.8) is 0 Å². The maximum Gasteiger partial charge on any atom is 0.207 e. The lowest BCUT2D eigenvalue weighted by atomic mass is 10.2. The molecule has 5 nitrogen and oxygen atoms in total. The Hall–Kier alpha value is -1.89. The average molecular weight is 352 g/mol. The molecule has 2 aromatic heterocycles. The van der Waals surface area contributed by atoms with Crippen LogP contribution in [0, 0.1) is 12.7 Å². The number of benzene rings is 1. The third-order valence-corrected chi connectivity index (χ3v) is 4.15. The number of nitrogen functional groups attached to an aromatic ring is 1. The number of rotatable bonds is 2. The summed E-state index contributed by atoms with van der Waals surface area (Å²) in [6.07, 6.45) is 0.778. The highest BCUT2D eigenvalue weighted by Gasteiger charge is 2.20. The van der Waals surface area contributed by atoms with Crippen LogP contribution in [0.4, 0.5) is 10.3 Å². The molecule has 7 heteroatoms. The molecule has 0 spiro atoms. The Morgan fingerprint density at radius 3 is 2.76 bits per heavy atom. The molecule has 0 atom stereocenters. The van der Waals surface area contributed by atoms with Crippen molar-refractivity contribution in [1.82, 2.24) is 19.3 Å². The summed E-state index contributed by atoms with van der Waals surface area (Å²) in [7, 11) is 1.85. The van der Waals surface area contributed by atoms with E-state index in [2.05, 4.69) is 26.0 Å². The van der Waals surface area contributed by atoms with E-state index in [0.717, 1.165) is 34.5 Å². The second kappa shape index (κ2) is 4.84. The van der Waals surface area contributed by atoms with Gasteiger partial charge in [-0.2, -0.15) is 5.10 Å². The molecule has 0 amide bonds. The van der Waals surface area contributed by atoms with E-state index in [1.807, 2.05) is 20.9 Å². The quantitative estimate of drug-likeness (QED) is 0.771. The molecule has 0 unspecified atom stereocenters. The zero-order chi connectivity index (χ0) is 15.3. The number of aryl methyl sites for hydroxylation is 3. The van der Waals surface area contributed by atoms with Crippen LogP contribution in [0.15, 0.2) is 16.6 Å². The van der Waals surface area contributed by atoms with Crippen molar-refractivity contribution < 1.29 is 4.39 Å². The third-order valence-electron chi connectivity index (χ3n) is 3.54. The highest BCUT2D eigenvalue weighted by atomic mass is 79.9. The van der Waals surface area contributed by atoms with Crippen molar-refractivity contribution in [3.8, 4) is 5.69 Å². The first kappa shape index (κ1) is 14.1. The predicted molar refractivity (Wildman–Crippen MR) is 84.0 cm³/mol. The molecule has 0 radical (unpaired) electrons. The molecule has 3 rings (SSSR count). The molecular formula is C14H15BrFN5. The fraction of sp³-hybridized carbons (Fsp3) is 0.286. The normalized spacial score (nSPS) is 11.5. The highest BCUT2D eigenvalue weighted by molar-refractivity contribution is 9.10. The molecule has 2 N–H and O–H groups in total. The molecule has 0 aliphatic rings. The molecular weight excluding hydrogens is 337 g/mol. The van der Waals surface area contributed by atoms with Crippen molar-refractivity contribution in [2.75, 3.05) is 5.73 Å². The number of hydrogen-bond donors (Lipinski definition) is 1. The largest absolute Gasteiger partial charge is 0.369 e. The first-order valence-electron chi connectivity index (χ1n) is 6.59. The lowest BCUT2D eigenvalue weighted by molar-refractivity contribution is 0.619. The van der Waals surface area contributed by atoms with Gasteiger partial charge in [0.15, 0.2) is 5.65 Å². The van der Waals surface area contributed by atoms with Gasteiger partial charge in [-0.15, -0.1) is 0 Å². The standard InChI is InChI=1S/C14H15BrFN5/c1-4-10-12-13(20(3)19-10)21(14(17)18-12)11-6-8(15)9(16)5-7(11)2/h5-6H,4H2,1-3H3,(H2,17,18). The number of hydrogen-bond acceptors (Lipinski definition) is 3. The molecule has 0 aliphatic carbocycles. The van der Waals surface area contributed by atoms with Crippen molar-refractivity contribution in [2.24, 2.45) is 7.05 Å². The van der Waals surface area contributed by atoms with E-state index in [1.165, 1.54) is 6.07 Å². The lowest BCUT2D eigenvalue weighted by Crippen LogP contribution is -2.07. The lowest BCUT2D eigenvalue weighted by Gasteiger charge is -2.11. The summed E-state index contributed by atoms with van der Waals surface area (Å²) in [5.74, 6) is 0.0692. The minimum Gasteiger partial charge on any atom is -0.369 e. The van der Waals surface area contributed by atoms with E-state index in [-0.39, 0.29) is 5.82 Å². The third kappa shape index (κ3) is 2.03. The second-order valence-electron chi connectivity index (χ2n) is 4.95. The van der Waals surface area contributed by atoms with Gasteiger partial charge in [0.1, 0.15) is 11.3 Å². The molecule has 0 saturated heterocycles. The van der Waals surface area contributed by atoms with Crippen LogP contribution in [0.5, 0.6) is 0 Å². The number of nitrogens with zero attached hydrogens (tertiary/aromatic N) is 4. The molecule has 0 aliphatic heterocycles. The number of aromatic nitrogens is 4. The van der Waals surface area contributed by atoms with Gasteiger partial charge >= 0.3 is 0 Å².